The first-order valence-corrected chi connectivity index (χ1v) is 5.65. The molecule has 0 aromatic carbocycles. The van der Waals surface area contributed by atoms with Gasteiger partial charge in [0.2, 0.25) is 5.91 Å². The van der Waals surface area contributed by atoms with Crippen LogP contribution in [0.4, 0.5) is 0 Å². The lowest BCUT2D eigenvalue weighted by atomic mass is 10.1. The Bertz CT molecular complexity index is 278. The Hall–Kier alpha value is -1.06. The van der Waals surface area contributed by atoms with E-state index in [4.69, 9.17) is 5.11 Å². The molecule has 84 valence electrons. The summed E-state index contributed by atoms with van der Waals surface area (Å²) in [6, 6.07) is 0. The lowest BCUT2D eigenvalue weighted by molar-refractivity contribution is -0.143. The largest absolute Gasteiger partial charge is 0.481 e. The molecule has 2 N–H and O–H groups in total. The fraction of sp³-hybridized carbons (Fsp3) is 0.818. The molecule has 2 saturated carbocycles. The van der Waals surface area contributed by atoms with Crippen LogP contribution >= 0.6 is 0 Å². The van der Waals surface area contributed by atoms with Gasteiger partial charge in [-0.2, -0.15) is 0 Å². The normalized spacial score (nSPS) is 23.7. The zero-order valence-electron chi connectivity index (χ0n) is 8.79. The number of carboxylic acid groups (broad SMARTS) is 1. The summed E-state index contributed by atoms with van der Waals surface area (Å²) in [5.74, 6) is -0.580. The fourth-order valence-electron chi connectivity index (χ4n) is 2.21. The Kier molecular flexibility index (Phi) is 2.67. The maximum absolute atomic E-state index is 11.6. The van der Waals surface area contributed by atoms with Gasteiger partial charge in [-0.15, -0.1) is 0 Å². The van der Waals surface area contributed by atoms with Crippen LogP contribution in [0.1, 0.15) is 38.5 Å². The summed E-state index contributed by atoms with van der Waals surface area (Å²) < 4.78 is 0. The Morgan fingerprint density at radius 1 is 1.27 bits per heavy atom. The number of rotatable bonds is 4. The molecule has 0 radical (unpaired) electrons. The minimum atomic E-state index is -0.769. The van der Waals surface area contributed by atoms with E-state index >= 15 is 0 Å². The molecule has 15 heavy (non-hydrogen) atoms. The second-order valence-corrected chi connectivity index (χ2v) is 4.78. The summed E-state index contributed by atoms with van der Waals surface area (Å²) in [4.78, 5) is 22.5. The smallest absolute Gasteiger partial charge is 0.311 e. The number of carbonyl (C=O) groups is 2. The summed E-state index contributed by atoms with van der Waals surface area (Å²) >= 11 is 0. The van der Waals surface area contributed by atoms with Crippen molar-refractivity contribution in [1.82, 2.24) is 5.32 Å². The monoisotopic (exact) mass is 211 g/mol. The third kappa shape index (κ3) is 2.13. The van der Waals surface area contributed by atoms with Crippen molar-refractivity contribution >= 4 is 11.9 Å². The maximum atomic E-state index is 11.6. The van der Waals surface area contributed by atoms with E-state index in [2.05, 4.69) is 5.32 Å². The Morgan fingerprint density at radius 3 is 2.33 bits per heavy atom. The highest BCUT2D eigenvalue weighted by Crippen LogP contribution is 2.45. The minimum absolute atomic E-state index is 0.0556. The molecule has 2 rings (SSSR count). The second kappa shape index (κ2) is 3.83. The van der Waals surface area contributed by atoms with Crippen LogP contribution in [0.15, 0.2) is 0 Å². The van der Waals surface area contributed by atoms with Crippen molar-refractivity contribution in [1.29, 1.82) is 0 Å². The van der Waals surface area contributed by atoms with E-state index in [1.807, 2.05) is 0 Å². The van der Waals surface area contributed by atoms with Crippen molar-refractivity contribution in [2.45, 2.75) is 38.5 Å². The van der Waals surface area contributed by atoms with Gasteiger partial charge in [0.15, 0.2) is 0 Å². The van der Waals surface area contributed by atoms with E-state index < -0.39 is 11.4 Å². The fourth-order valence-corrected chi connectivity index (χ4v) is 2.21. The molecule has 2 aliphatic carbocycles. The van der Waals surface area contributed by atoms with Gasteiger partial charge in [-0.3, -0.25) is 9.59 Å². The van der Waals surface area contributed by atoms with Crippen molar-refractivity contribution in [3.63, 3.8) is 0 Å². The summed E-state index contributed by atoms with van der Waals surface area (Å²) in [6.07, 6.45) is 5.59. The Morgan fingerprint density at radius 2 is 1.87 bits per heavy atom. The maximum Gasteiger partial charge on any atom is 0.311 e. The zero-order valence-corrected chi connectivity index (χ0v) is 8.79. The molecular weight excluding hydrogens is 194 g/mol. The molecule has 2 aliphatic rings. The average molecular weight is 211 g/mol. The molecule has 0 heterocycles. The number of nitrogens with one attached hydrogen (secondary N) is 1. The summed E-state index contributed by atoms with van der Waals surface area (Å²) in [5.41, 5.74) is -0.631. The van der Waals surface area contributed by atoms with Crippen molar-refractivity contribution in [2.24, 2.45) is 11.3 Å². The van der Waals surface area contributed by atoms with Crippen molar-refractivity contribution in [3.8, 4) is 0 Å². The van der Waals surface area contributed by atoms with Gasteiger partial charge in [-0.1, -0.05) is 12.8 Å². The Labute approximate surface area is 89.0 Å². The lowest BCUT2D eigenvalue weighted by Gasteiger charge is -2.14. The van der Waals surface area contributed by atoms with Crippen LogP contribution in [0.5, 0.6) is 0 Å². The van der Waals surface area contributed by atoms with Crippen LogP contribution < -0.4 is 5.32 Å². The number of amides is 1. The van der Waals surface area contributed by atoms with Crippen LogP contribution in [-0.4, -0.2) is 23.5 Å². The molecule has 0 unspecified atom stereocenters. The van der Waals surface area contributed by atoms with Gasteiger partial charge in [0, 0.05) is 12.5 Å². The standard InChI is InChI=1S/C11H17NO3/c13-9(8-3-1-2-4-8)12-7-11(5-6-11)10(14)15/h8H,1-7H2,(H,12,13)(H,14,15). The molecule has 0 bridgehead atoms. The highest BCUT2D eigenvalue weighted by Gasteiger charge is 2.50. The third-order valence-electron chi connectivity index (χ3n) is 3.63. The quantitative estimate of drug-likeness (QED) is 0.733. The highest BCUT2D eigenvalue weighted by atomic mass is 16.4. The van der Waals surface area contributed by atoms with Crippen LogP contribution in [-0.2, 0) is 9.59 Å². The van der Waals surface area contributed by atoms with Gasteiger partial charge in [-0.05, 0) is 25.7 Å². The number of aliphatic carboxylic acids is 1. The molecule has 0 saturated heterocycles. The van der Waals surface area contributed by atoms with Crippen molar-refractivity contribution in [2.75, 3.05) is 6.54 Å². The molecular formula is C11H17NO3. The van der Waals surface area contributed by atoms with Crippen LogP contribution in [0, 0.1) is 11.3 Å². The van der Waals surface area contributed by atoms with E-state index in [1.165, 1.54) is 0 Å². The molecule has 0 atom stereocenters. The zero-order chi connectivity index (χ0) is 10.9. The van der Waals surface area contributed by atoms with Gasteiger partial charge in [-0.25, -0.2) is 0 Å². The van der Waals surface area contributed by atoms with Crippen molar-refractivity contribution < 1.29 is 14.7 Å². The number of carboxylic acids is 1. The lowest BCUT2D eigenvalue weighted by Crippen LogP contribution is -2.37. The summed E-state index contributed by atoms with van der Waals surface area (Å²) in [7, 11) is 0. The Balaban J connectivity index is 1.78. The molecule has 1 amide bonds. The highest BCUT2D eigenvalue weighted by molar-refractivity contribution is 5.82. The van der Waals surface area contributed by atoms with E-state index in [0.717, 1.165) is 25.7 Å². The van der Waals surface area contributed by atoms with Crippen molar-refractivity contribution in [3.05, 3.63) is 0 Å². The molecule has 0 spiro atoms. The van der Waals surface area contributed by atoms with E-state index in [0.29, 0.717) is 19.4 Å². The SMILES string of the molecule is O=C(NCC1(C(=O)O)CC1)C1CCCC1. The number of carbonyl (C=O) groups excluding carboxylic acids is 1. The average Bonchev–Trinajstić information content (AvgIpc) is 2.80. The van der Waals surface area contributed by atoms with Crippen LogP contribution in [0.25, 0.3) is 0 Å². The second-order valence-electron chi connectivity index (χ2n) is 4.78. The first-order chi connectivity index (χ1) is 7.14. The molecule has 0 aromatic rings. The van der Waals surface area contributed by atoms with Crippen LogP contribution in [0.2, 0.25) is 0 Å². The van der Waals surface area contributed by atoms with E-state index in [1.54, 1.807) is 0 Å². The predicted octanol–water partition coefficient (Wildman–Crippen LogP) is 1.16. The first-order valence-electron chi connectivity index (χ1n) is 5.65. The molecule has 2 fully saturated rings. The summed E-state index contributed by atoms with van der Waals surface area (Å²) in [5, 5.41) is 11.7. The summed E-state index contributed by atoms with van der Waals surface area (Å²) in [6.45, 7) is 0.317. The van der Waals surface area contributed by atoms with E-state index in [9.17, 15) is 9.59 Å². The van der Waals surface area contributed by atoms with Gasteiger partial charge in [0.05, 0.1) is 5.41 Å². The molecule has 0 aliphatic heterocycles. The van der Waals surface area contributed by atoms with Gasteiger partial charge in [0.1, 0.15) is 0 Å². The third-order valence-corrected chi connectivity index (χ3v) is 3.63. The molecule has 4 heteroatoms. The van der Waals surface area contributed by atoms with Gasteiger partial charge in [0.25, 0.3) is 0 Å². The van der Waals surface area contributed by atoms with Gasteiger partial charge >= 0.3 is 5.97 Å². The predicted molar refractivity (Wildman–Crippen MR) is 54.3 cm³/mol. The van der Waals surface area contributed by atoms with Crippen LogP contribution in [0.3, 0.4) is 0 Å². The van der Waals surface area contributed by atoms with Gasteiger partial charge < -0.3 is 10.4 Å². The number of hydrogen-bond donors (Lipinski definition) is 2. The van der Waals surface area contributed by atoms with E-state index in [-0.39, 0.29) is 11.8 Å². The first kappa shape index (κ1) is 10.5. The number of hydrogen-bond acceptors (Lipinski definition) is 2. The minimum Gasteiger partial charge on any atom is -0.481 e. The topological polar surface area (TPSA) is 66.4 Å². The molecule has 0 aromatic heterocycles. The molecule has 4 nitrogen and oxygen atoms in total.